The fraction of sp³-hybridized carbons (Fsp3) is 0.611. The SMILES string of the molecule is O=C(CC1CC2CCC(C1)N2)N(Cc1ccccc1)CC(F)F. The fourth-order valence-electron chi connectivity index (χ4n) is 3.94. The van der Waals surface area contributed by atoms with E-state index in [1.807, 2.05) is 30.3 Å². The summed E-state index contributed by atoms with van der Waals surface area (Å²) in [5, 5.41) is 3.55. The van der Waals surface area contributed by atoms with Crippen molar-refractivity contribution in [3.8, 4) is 0 Å². The number of halogens is 2. The molecule has 2 aliphatic rings. The molecule has 1 aromatic rings. The second kappa shape index (κ2) is 7.39. The largest absolute Gasteiger partial charge is 0.333 e. The quantitative estimate of drug-likeness (QED) is 0.872. The minimum Gasteiger partial charge on any atom is -0.333 e. The summed E-state index contributed by atoms with van der Waals surface area (Å²) in [6.45, 7) is -0.215. The van der Waals surface area contributed by atoms with Crippen LogP contribution in [0, 0.1) is 5.92 Å². The molecule has 0 aromatic heterocycles. The van der Waals surface area contributed by atoms with Crippen molar-refractivity contribution in [1.82, 2.24) is 10.2 Å². The molecule has 0 spiro atoms. The molecule has 2 aliphatic heterocycles. The average molecular weight is 322 g/mol. The van der Waals surface area contributed by atoms with Gasteiger partial charge in [0, 0.05) is 25.0 Å². The Hall–Kier alpha value is -1.49. The Kier molecular flexibility index (Phi) is 5.26. The Balaban J connectivity index is 1.60. The zero-order valence-corrected chi connectivity index (χ0v) is 13.3. The van der Waals surface area contributed by atoms with Gasteiger partial charge in [0.1, 0.15) is 0 Å². The minimum absolute atomic E-state index is 0.138. The molecule has 126 valence electrons. The molecule has 3 nitrogen and oxygen atoms in total. The van der Waals surface area contributed by atoms with Crippen LogP contribution in [0.3, 0.4) is 0 Å². The first-order valence-electron chi connectivity index (χ1n) is 8.46. The van der Waals surface area contributed by atoms with Gasteiger partial charge in [-0.15, -0.1) is 0 Å². The van der Waals surface area contributed by atoms with Crippen LogP contribution in [0.2, 0.25) is 0 Å². The number of hydrogen-bond acceptors (Lipinski definition) is 2. The topological polar surface area (TPSA) is 32.3 Å². The molecule has 2 fully saturated rings. The zero-order chi connectivity index (χ0) is 16.2. The molecular formula is C18H24F2N2O. The molecule has 1 aromatic carbocycles. The predicted molar refractivity (Wildman–Crippen MR) is 85.1 cm³/mol. The zero-order valence-electron chi connectivity index (χ0n) is 13.3. The molecule has 0 radical (unpaired) electrons. The number of carbonyl (C=O) groups is 1. The van der Waals surface area contributed by atoms with Crippen molar-refractivity contribution in [2.24, 2.45) is 5.92 Å². The number of piperidine rings is 1. The van der Waals surface area contributed by atoms with Crippen molar-refractivity contribution in [3.05, 3.63) is 35.9 Å². The molecule has 2 saturated heterocycles. The molecule has 5 heteroatoms. The molecule has 23 heavy (non-hydrogen) atoms. The highest BCUT2D eigenvalue weighted by atomic mass is 19.3. The Morgan fingerprint density at radius 3 is 2.43 bits per heavy atom. The van der Waals surface area contributed by atoms with E-state index >= 15 is 0 Å². The van der Waals surface area contributed by atoms with Gasteiger partial charge in [0.05, 0.1) is 6.54 Å². The minimum atomic E-state index is -2.49. The number of carbonyl (C=O) groups excluding carboxylic acids is 1. The molecule has 0 saturated carbocycles. The Morgan fingerprint density at radius 2 is 1.83 bits per heavy atom. The molecular weight excluding hydrogens is 298 g/mol. The van der Waals surface area contributed by atoms with Gasteiger partial charge in [0.25, 0.3) is 6.43 Å². The summed E-state index contributed by atoms with van der Waals surface area (Å²) in [6, 6.07) is 10.4. The van der Waals surface area contributed by atoms with Gasteiger partial charge in [-0.1, -0.05) is 30.3 Å². The van der Waals surface area contributed by atoms with Gasteiger partial charge in [-0.25, -0.2) is 8.78 Å². The number of nitrogens with zero attached hydrogens (tertiary/aromatic N) is 1. The summed E-state index contributed by atoms with van der Waals surface area (Å²) in [6.07, 6.45) is 2.26. The number of rotatable bonds is 6. The molecule has 2 atom stereocenters. The molecule has 3 rings (SSSR count). The van der Waals surface area contributed by atoms with Gasteiger partial charge in [-0.3, -0.25) is 4.79 Å². The van der Waals surface area contributed by atoms with Crippen molar-refractivity contribution < 1.29 is 13.6 Å². The number of hydrogen-bond donors (Lipinski definition) is 1. The van der Waals surface area contributed by atoms with Crippen LogP contribution < -0.4 is 5.32 Å². The van der Waals surface area contributed by atoms with E-state index in [9.17, 15) is 13.6 Å². The van der Waals surface area contributed by atoms with Crippen molar-refractivity contribution in [2.45, 2.75) is 57.2 Å². The molecule has 1 amide bonds. The molecule has 2 bridgehead atoms. The maximum atomic E-state index is 12.9. The Morgan fingerprint density at radius 1 is 1.17 bits per heavy atom. The highest BCUT2D eigenvalue weighted by Gasteiger charge is 2.35. The van der Waals surface area contributed by atoms with Crippen LogP contribution in [0.4, 0.5) is 8.78 Å². The van der Waals surface area contributed by atoms with Crippen LogP contribution in [0.25, 0.3) is 0 Å². The van der Waals surface area contributed by atoms with Crippen LogP contribution in [0.5, 0.6) is 0 Å². The van der Waals surface area contributed by atoms with Crippen LogP contribution >= 0.6 is 0 Å². The summed E-state index contributed by atoms with van der Waals surface area (Å²) in [7, 11) is 0. The second-order valence-corrected chi connectivity index (χ2v) is 6.83. The lowest BCUT2D eigenvalue weighted by atomic mass is 9.89. The summed E-state index contributed by atoms with van der Waals surface area (Å²) in [5.41, 5.74) is 0.895. The van der Waals surface area contributed by atoms with E-state index in [-0.39, 0.29) is 12.5 Å². The standard InChI is InChI=1S/C18H24F2N2O/c19-17(20)12-22(11-13-4-2-1-3-5-13)18(23)10-14-8-15-6-7-16(9-14)21-15/h1-5,14-17,21H,6-12H2. The van der Waals surface area contributed by atoms with Gasteiger partial charge in [-0.2, -0.15) is 0 Å². The second-order valence-electron chi connectivity index (χ2n) is 6.83. The van der Waals surface area contributed by atoms with E-state index in [2.05, 4.69) is 5.32 Å². The molecule has 1 N–H and O–H groups in total. The van der Waals surface area contributed by atoms with E-state index in [0.29, 0.717) is 24.4 Å². The third-order valence-corrected chi connectivity index (χ3v) is 4.96. The van der Waals surface area contributed by atoms with Crippen molar-refractivity contribution in [1.29, 1.82) is 0 Å². The lowest BCUT2D eigenvalue weighted by Gasteiger charge is -2.31. The van der Waals surface area contributed by atoms with Gasteiger partial charge in [0.2, 0.25) is 5.91 Å². The van der Waals surface area contributed by atoms with Crippen molar-refractivity contribution >= 4 is 5.91 Å². The Bertz CT molecular complexity index is 511. The first-order chi connectivity index (χ1) is 11.1. The highest BCUT2D eigenvalue weighted by molar-refractivity contribution is 5.76. The number of alkyl halides is 2. The van der Waals surface area contributed by atoms with Gasteiger partial charge >= 0.3 is 0 Å². The lowest BCUT2D eigenvalue weighted by Crippen LogP contribution is -2.41. The monoisotopic (exact) mass is 322 g/mol. The van der Waals surface area contributed by atoms with E-state index in [4.69, 9.17) is 0 Å². The van der Waals surface area contributed by atoms with Gasteiger partial charge < -0.3 is 10.2 Å². The van der Waals surface area contributed by atoms with Crippen LogP contribution in [0.1, 0.15) is 37.7 Å². The van der Waals surface area contributed by atoms with Gasteiger partial charge in [-0.05, 0) is 37.2 Å². The summed E-state index contributed by atoms with van der Waals surface area (Å²) in [5.74, 6) is 0.192. The first-order valence-corrected chi connectivity index (χ1v) is 8.46. The predicted octanol–water partition coefficient (Wildman–Crippen LogP) is 3.20. The molecule has 0 aliphatic carbocycles. The fourth-order valence-corrected chi connectivity index (χ4v) is 3.94. The maximum Gasteiger partial charge on any atom is 0.255 e. The van der Waals surface area contributed by atoms with E-state index in [0.717, 1.165) is 18.4 Å². The summed E-state index contributed by atoms with van der Waals surface area (Å²) < 4.78 is 25.7. The Labute approximate surface area is 136 Å². The number of amides is 1. The van der Waals surface area contributed by atoms with Crippen molar-refractivity contribution in [3.63, 3.8) is 0 Å². The van der Waals surface area contributed by atoms with Crippen LogP contribution in [-0.4, -0.2) is 35.9 Å². The third-order valence-electron chi connectivity index (χ3n) is 4.96. The first kappa shape index (κ1) is 16.4. The highest BCUT2D eigenvalue weighted by Crippen LogP contribution is 2.33. The third kappa shape index (κ3) is 4.50. The van der Waals surface area contributed by atoms with E-state index in [1.54, 1.807) is 0 Å². The molecule has 2 heterocycles. The van der Waals surface area contributed by atoms with Crippen molar-refractivity contribution in [2.75, 3.05) is 6.54 Å². The lowest BCUT2D eigenvalue weighted by molar-refractivity contribution is -0.135. The number of benzene rings is 1. The number of nitrogens with one attached hydrogen (secondary N) is 1. The van der Waals surface area contributed by atoms with Crippen LogP contribution in [0.15, 0.2) is 30.3 Å². The average Bonchev–Trinajstić information content (AvgIpc) is 2.86. The van der Waals surface area contributed by atoms with Gasteiger partial charge in [0.15, 0.2) is 0 Å². The summed E-state index contributed by atoms with van der Waals surface area (Å²) >= 11 is 0. The van der Waals surface area contributed by atoms with Crippen LogP contribution in [-0.2, 0) is 11.3 Å². The summed E-state index contributed by atoms with van der Waals surface area (Å²) in [4.78, 5) is 13.9. The van der Waals surface area contributed by atoms with E-state index in [1.165, 1.54) is 17.7 Å². The normalized spacial score (nSPS) is 26.5. The maximum absolute atomic E-state index is 12.9. The smallest absolute Gasteiger partial charge is 0.255 e. The number of fused-ring (bicyclic) bond motifs is 2. The molecule has 2 unspecified atom stereocenters. The van der Waals surface area contributed by atoms with E-state index < -0.39 is 13.0 Å².